The van der Waals surface area contributed by atoms with E-state index in [1.807, 2.05) is 0 Å². The van der Waals surface area contributed by atoms with Gasteiger partial charge >= 0.3 is 11.9 Å². The zero-order chi connectivity index (χ0) is 13.7. The second-order valence-electron chi connectivity index (χ2n) is 3.24. The Kier molecular flexibility index (Phi) is 4.53. The lowest BCUT2D eigenvalue weighted by Crippen LogP contribution is -2.11. The van der Waals surface area contributed by atoms with E-state index in [-0.39, 0.29) is 16.9 Å². The largest absolute Gasteiger partial charge is 0.497 e. The molecular weight excluding hydrogens is 240 g/mol. The molecule has 6 heteroatoms. The second kappa shape index (κ2) is 5.90. The lowest BCUT2D eigenvalue weighted by molar-refractivity contribution is 0.0591. The summed E-state index contributed by atoms with van der Waals surface area (Å²) >= 11 is 0. The molecule has 0 spiro atoms. The first-order valence-electron chi connectivity index (χ1n) is 5.01. The molecule has 18 heavy (non-hydrogen) atoms. The highest BCUT2D eigenvalue weighted by Crippen LogP contribution is 2.30. The van der Waals surface area contributed by atoms with Crippen LogP contribution >= 0.6 is 0 Å². The van der Waals surface area contributed by atoms with Crippen molar-refractivity contribution in [2.75, 3.05) is 28.4 Å². The fourth-order valence-corrected chi connectivity index (χ4v) is 1.46. The quantitative estimate of drug-likeness (QED) is 0.754. The highest BCUT2D eigenvalue weighted by Gasteiger charge is 2.23. The van der Waals surface area contributed by atoms with Crippen LogP contribution in [-0.4, -0.2) is 40.4 Å². The lowest BCUT2D eigenvalue weighted by atomic mass is 10.1. The van der Waals surface area contributed by atoms with Crippen LogP contribution in [0.3, 0.4) is 0 Å². The van der Waals surface area contributed by atoms with E-state index >= 15 is 0 Å². The van der Waals surface area contributed by atoms with Gasteiger partial charge in [0, 0.05) is 0 Å². The number of ether oxygens (including phenoxy) is 4. The van der Waals surface area contributed by atoms with Gasteiger partial charge < -0.3 is 18.9 Å². The van der Waals surface area contributed by atoms with Gasteiger partial charge in [0.15, 0.2) is 0 Å². The standard InChI is InChI=1S/C12H14O6/c1-15-7-5-8(11(13)17-3)10(16-2)9(6-7)12(14)18-4/h5-6H,1-4H3. The van der Waals surface area contributed by atoms with Crippen molar-refractivity contribution >= 4 is 11.9 Å². The summed E-state index contributed by atoms with van der Waals surface area (Å²) in [5.74, 6) is -0.835. The van der Waals surface area contributed by atoms with E-state index in [2.05, 4.69) is 9.47 Å². The average Bonchev–Trinajstić information content (AvgIpc) is 2.43. The highest BCUT2D eigenvalue weighted by molar-refractivity contribution is 6.00. The van der Waals surface area contributed by atoms with Gasteiger partial charge in [-0.1, -0.05) is 0 Å². The molecule has 0 radical (unpaired) electrons. The van der Waals surface area contributed by atoms with Crippen molar-refractivity contribution in [1.29, 1.82) is 0 Å². The van der Waals surface area contributed by atoms with E-state index in [9.17, 15) is 9.59 Å². The summed E-state index contributed by atoms with van der Waals surface area (Å²) < 4.78 is 19.3. The average molecular weight is 254 g/mol. The SMILES string of the molecule is COC(=O)c1cc(OC)cc(C(=O)OC)c1OC. The normalized spacial score (nSPS) is 9.56. The molecule has 0 N–H and O–H groups in total. The van der Waals surface area contributed by atoms with Crippen LogP contribution < -0.4 is 9.47 Å². The van der Waals surface area contributed by atoms with Gasteiger partial charge in [-0.3, -0.25) is 0 Å². The van der Waals surface area contributed by atoms with E-state index < -0.39 is 11.9 Å². The minimum atomic E-state index is -0.629. The molecule has 6 nitrogen and oxygen atoms in total. The predicted octanol–water partition coefficient (Wildman–Crippen LogP) is 1.28. The Morgan fingerprint density at radius 1 is 0.833 bits per heavy atom. The molecule has 0 aliphatic carbocycles. The molecule has 0 atom stereocenters. The molecule has 0 bridgehead atoms. The maximum atomic E-state index is 11.6. The third kappa shape index (κ3) is 2.53. The molecular formula is C12H14O6. The Morgan fingerprint density at radius 3 is 1.56 bits per heavy atom. The Morgan fingerprint density at radius 2 is 1.28 bits per heavy atom. The second-order valence-corrected chi connectivity index (χ2v) is 3.24. The maximum absolute atomic E-state index is 11.6. The molecule has 0 fully saturated rings. The van der Waals surface area contributed by atoms with Crippen LogP contribution in [0.1, 0.15) is 20.7 Å². The number of methoxy groups -OCH3 is 4. The molecule has 1 aromatic rings. The first-order chi connectivity index (χ1) is 8.58. The molecule has 98 valence electrons. The van der Waals surface area contributed by atoms with Crippen LogP contribution in [0.5, 0.6) is 11.5 Å². The van der Waals surface area contributed by atoms with Crippen LogP contribution in [0, 0.1) is 0 Å². The molecule has 0 unspecified atom stereocenters. The molecule has 0 aliphatic heterocycles. The Balaban J connectivity index is 3.49. The van der Waals surface area contributed by atoms with Gasteiger partial charge in [0.2, 0.25) is 0 Å². The van der Waals surface area contributed by atoms with Crippen LogP contribution in [0.25, 0.3) is 0 Å². The molecule has 0 saturated carbocycles. The number of carbonyl (C=O) groups excluding carboxylic acids is 2. The van der Waals surface area contributed by atoms with Gasteiger partial charge in [0.1, 0.15) is 22.6 Å². The Bertz CT molecular complexity index is 429. The molecule has 0 aliphatic rings. The van der Waals surface area contributed by atoms with E-state index in [4.69, 9.17) is 9.47 Å². The minimum absolute atomic E-state index is 0.0921. The first-order valence-corrected chi connectivity index (χ1v) is 5.01. The zero-order valence-corrected chi connectivity index (χ0v) is 10.6. The summed E-state index contributed by atoms with van der Waals surface area (Å²) in [6, 6.07) is 2.86. The molecule has 0 saturated heterocycles. The highest BCUT2D eigenvalue weighted by atomic mass is 16.5. The van der Waals surface area contributed by atoms with Crippen molar-refractivity contribution in [3.63, 3.8) is 0 Å². The lowest BCUT2D eigenvalue weighted by Gasteiger charge is -2.13. The molecule has 0 heterocycles. The first kappa shape index (κ1) is 13.8. The number of hydrogen-bond acceptors (Lipinski definition) is 6. The van der Waals surface area contributed by atoms with Gasteiger partial charge in [-0.15, -0.1) is 0 Å². The molecule has 1 aromatic carbocycles. The fraction of sp³-hybridized carbons (Fsp3) is 0.333. The van der Waals surface area contributed by atoms with Gasteiger partial charge in [-0.05, 0) is 12.1 Å². The number of rotatable bonds is 4. The summed E-state index contributed by atoms with van der Waals surface area (Å²) in [4.78, 5) is 23.2. The van der Waals surface area contributed by atoms with Crippen LogP contribution in [0.2, 0.25) is 0 Å². The third-order valence-corrected chi connectivity index (χ3v) is 2.31. The van der Waals surface area contributed by atoms with Crippen molar-refractivity contribution in [3.05, 3.63) is 23.3 Å². The topological polar surface area (TPSA) is 71.1 Å². The molecule has 1 rings (SSSR count). The van der Waals surface area contributed by atoms with Crippen molar-refractivity contribution < 1.29 is 28.5 Å². The van der Waals surface area contributed by atoms with Crippen LogP contribution in [0.15, 0.2) is 12.1 Å². The predicted molar refractivity (Wildman–Crippen MR) is 62.2 cm³/mol. The van der Waals surface area contributed by atoms with E-state index in [0.29, 0.717) is 5.75 Å². The van der Waals surface area contributed by atoms with Crippen molar-refractivity contribution in [2.24, 2.45) is 0 Å². The van der Waals surface area contributed by atoms with Gasteiger partial charge in [-0.25, -0.2) is 9.59 Å². The minimum Gasteiger partial charge on any atom is -0.497 e. The number of carbonyl (C=O) groups is 2. The number of benzene rings is 1. The van der Waals surface area contributed by atoms with E-state index in [1.54, 1.807) is 0 Å². The third-order valence-electron chi connectivity index (χ3n) is 2.31. The van der Waals surface area contributed by atoms with E-state index in [1.165, 1.54) is 40.6 Å². The van der Waals surface area contributed by atoms with Crippen molar-refractivity contribution in [1.82, 2.24) is 0 Å². The van der Waals surface area contributed by atoms with Gasteiger partial charge in [0.05, 0.1) is 28.4 Å². The summed E-state index contributed by atoms with van der Waals surface area (Å²) in [6.45, 7) is 0. The van der Waals surface area contributed by atoms with Gasteiger partial charge in [0.25, 0.3) is 0 Å². The summed E-state index contributed by atoms with van der Waals surface area (Å²) in [7, 11) is 5.24. The molecule has 0 amide bonds. The Labute approximate surface area is 104 Å². The zero-order valence-electron chi connectivity index (χ0n) is 10.6. The van der Waals surface area contributed by atoms with E-state index in [0.717, 1.165) is 0 Å². The fourth-order valence-electron chi connectivity index (χ4n) is 1.46. The van der Waals surface area contributed by atoms with Crippen LogP contribution in [-0.2, 0) is 9.47 Å². The monoisotopic (exact) mass is 254 g/mol. The van der Waals surface area contributed by atoms with Crippen LogP contribution in [0.4, 0.5) is 0 Å². The van der Waals surface area contributed by atoms with Crippen molar-refractivity contribution in [3.8, 4) is 11.5 Å². The molecule has 0 aromatic heterocycles. The van der Waals surface area contributed by atoms with Gasteiger partial charge in [-0.2, -0.15) is 0 Å². The number of hydrogen-bond donors (Lipinski definition) is 0. The summed E-state index contributed by atoms with van der Waals surface area (Å²) in [6.07, 6.45) is 0. The summed E-state index contributed by atoms with van der Waals surface area (Å²) in [5.41, 5.74) is 0.194. The maximum Gasteiger partial charge on any atom is 0.341 e. The van der Waals surface area contributed by atoms with Crippen molar-refractivity contribution in [2.45, 2.75) is 0 Å². The number of esters is 2. The Hall–Kier alpha value is -2.24. The summed E-state index contributed by atoms with van der Waals surface area (Å²) in [5, 5.41) is 0. The smallest absolute Gasteiger partial charge is 0.341 e.